The van der Waals surface area contributed by atoms with Crippen LogP contribution in [0.4, 0.5) is 5.13 Å². The molecule has 0 aromatic carbocycles. The van der Waals surface area contributed by atoms with E-state index in [2.05, 4.69) is 15.1 Å². The summed E-state index contributed by atoms with van der Waals surface area (Å²) in [6, 6.07) is 0. The molecule has 2 rings (SSSR count). The molecular weight excluding hydrogens is 176 g/mol. The van der Waals surface area contributed by atoms with Crippen molar-refractivity contribution in [2.75, 3.05) is 5.73 Å². The van der Waals surface area contributed by atoms with Crippen molar-refractivity contribution in [1.29, 1.82) is 0 Å². The molecule has 2 aromatic heterocycles. The lowest BCUT2D eigenvalue weighted by molar-refractivity contribution is 0.424. The highest BCUT2D eigenvalue weighted by molar-refractivity contribution is 7.13. The first-order chi connectivity index (χ1) is 5.75. The minimum atomic E-state index is 0.417. The topological polar surface area (TPSA) is 77.8 Å². The molecule has 0 saturated heterocycles. The van der Waals surface area contributed by atoms with Gasteiger partial charge in [-0.2, -0.15) is 4.98 Å². The zero-order valence-corrected chi connectivity index (χ0v) is 7.13. The molecule has 0 amide bonds. The first-order valence-corrected chi connectivity index (χ1v) is 4.15. The molecule has 0 aliphatic carbocycles. The van der Waals surface area contributed by atoms with E-state index >= 15 is 0 Å². The summed E-state index contributed by atoms with van der Waals surface area (Å²) in [6.45, 7) is 1.75. The van der Waals surface area contributed by atoms with E-state index in [9.17, 15) is 0 Å². The summed E-state index contributed by atoms with van der Waals surface area (Å²) in [5.41, 5.74) is 6.08. The Morgan fingerprint density at radius 1 is 1.50 bits per heavy atom. The van der Waals surface area contributed by atoms with Gasteiger partial charge in [0.1, 0.15) is 5.69 Å². The van der Waals surface area contributed by atoms with E-state index < -0.39 is 0 Å². The van der Waals surface area contributed by atoms with Crippen LogP contribution in [0.5, 0.6) is 0 Å². The van der Waals surface area contributed by atoms with E-state index in [0.717, 1.165) is 0 Å². The Kier molecular flexibility index (Phi) is 1.54. The van der Waals surface area contributed by atoms with Gasteiger partial charge in [0.2, 0.25) is 0 Å². The maximum atomic E-state index is 5.44. The molecular formula is C6H6N4OS. The average Bonchev–Trinajstić information content (AvgIpc) is 2.58. The monoisotopic (exact) mass is 182 g/mol. The highest BCUT2D eigenvalue weighted by Gasteiger charge is 2.08. The van der Waals surface area contributed by atoms with Gasteiger partial charge in [0, 0.05) is 5.38 Å². The Balaban J connectivity index is 2.43. The zero-order chi connectivity index (χ0) is 8.55. The summed E-state index contributed by atoms with van der Waals surface area (Å²) in [5.74, 6) is 1.01. The molecule has 5 nitrogen and oxygen atoms in total. The van der Waals surface area contributed by atoms with Crippen LogP contribution in [0.2, 0.25) is 0 Å². The number of hydrogen-bond acceptors (Lipinski definition) is 6. The number of thiazole rings is 1. The van der Waals surface area contributed by atoms with E-state index in [0.29, 0.717) is 22.5 Å². The molecule has 2 N–H and O–H groups in total. The van der Waals surface area contributed by atoms with Gasteiger partial charge in [-0.3, -0.25) is 0 Å². The normalized spacial score (nSPS) is 10.4. The van der Waals surface area contributed by atoms with E-state index in [1.165, 1.54) is 11.3 Å². The minimum absolute atomic E-state index is 0.417. The summed E-state index contributed by atoms with van der Waals surface area (Å²) >= 11 is 1.35. The highest BCUT2D eigenvalue weighted by Crippen LogP contribution is 2.20. The number of nitrogens with two attached hydrogens (primary N) is 1. The third-order valence-corrected chi connectivity index (χ3v) is 1.94. The molecule has 0 spiro atoms. The molecule has 0 fully saturated rings. The van der Waals surface area contributed by atoms with Crippen LogP contribution in [-0.4, -0.2) is 15.1 Å². The van der Waals surface area contributed by atoms with Crippen LogP contribution in [0.3, 0.4) is 0 Å². The molecule has 0 aliphatic heterocycles. The van der Waals surface area contributed by atoms with Gasteiger partial charge in [-0.05, 0) is 6.92 Å². The Morgan fingerprint density at radius 3 is 2.83 bits per heavy atom. The van der Waals surface area contributed by atoms with Crippen LogP contribution >= 0.6 is 11.3 Å². The van der Waals surface area contributed by atoms with Gasteiger partial charge >= 0.3 is 0 Å². The minimum Gasteiger partial charge on any atom is -0.375 e. The second-order valence-electron chi connectivity index (χ2n) is 2.22. The molecule has 12 heavy (non-hydrogen) atoms. The molecule has 0 atom stereocenters. The largest absolute Gasteiger partial charge is 0.375 e. The average molecular weight is 182 g/mol. The van der Waals surface area contributed by atoms with E-state index in [1.807, 2.05) is 0 Å². The third-order valence-electron chi connectivity index (χ3n) is 1.27. The second kappa shape index (κ2) is 2.56. The maximum absolute atomic E-state index is 5.44. The molecule has 2 heterocycles. The first-order valence-electron chi connectivity index (χ1n) is 3.27. The summed E-state index contributed by atoms with van der Waals surface area (Å²) in [7, 11) is 0. The SMILES string of the molecule is Cc1noc(-c2csc(N)n2)n1. The van der Waals surface area contributed by atoms with Gasteiger partial charge in [0.05, 0.1) is 0 Å². The molecule has 0 aliphatic rings. The number of aromatic nitrogens is 3. The number of nitrogen functional groups attached to an aromatic ring is 1. The fourth-order valence-electron chi connectivity index (χ4n) is 0.787. The molecule has 0 radical (unpaired) electrons. The summed E-state index contributed by atoms with van der Waals surface area (Å²) in [5, 5.41) is 5.92. The Bertz CT molecular complexity index is 355. The fraction of sp³-hybridized carbons (Fsp3) is 0.167. The van der Waals surface area contributed by atoms with Gasteiger partial charge < -0.3 is 10.3 Å². The fourth-order valence-corrected chi connectivity index (χ4v) is 1.32. The van der Waals surface area contributed by atoms with Crippen LogP contribution in [0.25, 0.3) is 11.6 Å². The van der Waals surface area contributed by atoms with Crippen molar-refractivity contribution >= 4 is 16.5 Å². The predicted molar refractivity (Wildman–Crippen MR) is 44.6 cm³/mol. The summed E-state index contributed by atoms with van der Waals surface area (Å²) < 4.78 is 4.89. The highest BCUT2D eigenvalue weighted by atomic mass is 32.1. The summed E-state index contributed by atoms with van der Waals surface area (Å²) in [6.07, 6.45) is 0. The molecule has 0 unspecified atom stereocenters. The predicted octanol–water partition coefficient (Wildman–Crippen LogP) is 1.08. The molecule has 62 valence electrons. The number of rotatable bonds is 1. The van der Waals surface area contributed by atoms with E-state index in [4.69, 9.17) is 10.3 Å². The van der Waals surface area contributed by atoms with Crippen molar-refractivity contribution in [2.45, 2.75) is 6.92 Å². The van der Waals surface area contributed by atoms with Crippen molar-refractivity contribution in [3.05, 3.63) is 11.2 Å². The third kappa shape index (κ3) is 1.16. The lowest BCUT2D eigenvalue weighted by atomic mass is 10.5. The van der Waals surface area contributed by atoms with E-state index in [-0.39, 0.29) is 0 Å². The quantitative estimate of drug-likeness (QED) is 0.714. The lowest BCUT2D eigenvalue weighted by Gasteiger charge is -1.81. The summed E-state index contributed by atoms with van der Waals surface area (Å²) in [4.78, 5) is 8.00. The van der Waals surface area contributed by atoms with Crippen LogP contribution in [0, 0.1) is 6.92 Å². The van der Waals surface area contributed by atoms with Gasteiger partial charge in [0.25, 0.3) is 5.89 Å². The number of hydrogen-bond donors (Lipinski definition) is 1. The smallest absolute Gasteiger partial charge is 0.277 e. The lowest BCUT2D eigenvalue weighted by Crippen LogP contribution is -1.82. The second-order valence-corrected chi connectivity index (χ2v) is 3.11. The van der Waals surface area contributed by atoms with Crippen molar-refractivity contribution in [2.24, 2.45) is 0 Å². The van der Waals surface area contributed by atoms with Gasteiger partial charge in [-0.15, -0.1) is 11.3 Å². The molecule has 2 aromatic rings. The van der Waals surface area contributed by atoms with Crippen molar-refractivity contribution < 1.29 is 4.52 Å². The van der Waals surface area contributed by atoms with Gasteiger partial charge in [0.15, 0.2) is 11.0 Å². The van der Waals surface area contributed by atoms with Crippen molar-refractivity contribution in [3.63, 3.8) is 0 Å². The molecule has 0 saturated carbocycles. The molecule has 6 heteroatoms. The van der Waals surface area contributed by atoms with Crippen LogP contribution in [0.15, 0.2) is 9.90 Å². The zero-order valence-electron chi connectivity index (χ0n) is 6.31. The van der Waals surface area contributed by atoms with E-state index in [1.54, 1.807) is 12.3 Å². The van der Waals surface area contributed by atoms with Crippen molar-refractivity contribution in [3.8, 4) is 11.6 Å². The molecule has 0 bridgehead atoms. The Hall–Kier alpha value is -1.43. The van der Waals surface area contributed by atoms with Crippen LogP contribution < -0.4 is 5.73 Å². The number of nitrogens with zero attached hydrogens (tertiary/aromatic N) is 3. The Morgan fingerprint density at radius 2 is 2.33 bits per heavy atom. The van der Waals surface area contributed by atoms with Crippen molar-refractivity contribution in [1.82, 2.24) is 15.1 Å². The van der Waals surface area contributed by atoms with Crippen LogP contribution in [-0.2, 0) is 0 Å². The first kappa shape index (κ1) is 7.23. The number of anilines is 1. The maximum Gasteiger partial charge on any atom is 0.277 e. The van der Waals surface area contributed by atoms with Gasteiger partial charge in [-0.25, -0.2) is 4.98 Å². The van der Waals surface area contributed by atoms with Crippen LogP contribution in [0.1, 0.15) is 5.82 Å². The standard InChI is InChI=1S/C6H6N4OS/c1-3-8-5(11-10-3)4-2-12-6(7)9-4/h2H,1H3,(H2,7,9). The Labute approximate surface area is 72.2 Å². The number of aryl methyl sites for hydroxylation is 1. The van der Waals surface area contributed by atoms with Gasteiger partial charge in [-0.1, -0.05) is 5.16 Å².